The van der Waals surface area contributed by atoms with E-state index in [1.165, 1.54) is 166 Å². The van der Waals surface area contributed by atoms with Gasteiger partial charge >= 0.3 is 71.1 Å². The summed E-state index contributed by atoms with van der Waals surface area (Å²) in [6.07, 6.45) is 61.5. The Morgan fingerprint density at radius 2 is 0.629 bits per heavy atom. The molecule has 22 nitrogen and oxygen atoms in total. The number of unbranched alkanes of at least 4 members (excludes halogenated alkanes) is 38. The van der Waals surface area contributed by atoms with Crippen molar-refractivity contribution in [3.8, 4) is 0 Å². The van der Waals surface area contributed by atoms with Crippen molar-refractivity contribution in [2.24, 2.45) is 0 Å². The normalized spacial score (nSPS) is 13.6. The van der Waals surface area contributed by atoms with Gasteiger partial charge in [-0.15, -0.1) is 0 Å². The first-order chi connectivity index (χ1) is 55.4. The molecule has 0 aliphatic rings. The summed E-state index contributed by atoms with van der Waals surface area (Å²) in [7, 11) is -10.0. The fraction of sp³-hybridized carbons (Fsp3) is 0.822. The molecule has 116 heavy (non-hydrogen) atoms. The van der Waals surface area contributed by atoms with E-state index in [1.54, 1.807) is 0 Å². The van der Waals surface area contributed by atoms with Crippen LogP contribution in [0, 0.1) is 0 Å². The number of amides is 4. The molecule has 0 aliphatic carbocycles. The standard InChI is InChI=1S/C90H164N4O18P2.2Na/c1-7-13-19-25-29-33-35-39-41-47-53-63-85(95)93-79(75-105-71-67-81(59-51-45-23-17-11-5)111-87(97)65-55-49-43-37-31-27-21-15-9-3)77-109-113(101,102)107-73-69-91-89(99)83-61-57-58-62-84(83)90(100)92-70-74-108-114(103,104)110-78-80(94-86(96)64-54-48-42-40-36-34-30-26-20-14-8-2)76-106-72-68-82(60-52-46-24-18-12-6)112-88(98)66-56-50-44-38-32-28-22-16-10-4;;/h37-38,43-44,57-58,61-62,79-82H,7-36,39-42,45-56,59-60,63-78H2,1-6H3,(H,91,99)(H,92,100)(H,93,95)(H,94,96)(H,101,102)(H,103,104);;/q;2*+1/p-2/b43-37-,44-38-;;/t79-,80-,81-,82-;;/m1../s1. The molecule has 0 fully saturated rings. The smallest absolute Gasteiger partial charge is 0.756 e. The van der Waals surface area contributed by atoms with Gasteiger partial charge in [0.2, 0.25) is 11.8 Å². The monoisotopic (exact) mass is 1700 g/mol. The molecule has 0 aliphatic heterocycles. The van der Waals surface area contributed by atoms with Crippen molar-refractivity contribution < 1.29 is 144 Å². The van der Waals surface area contributed by atoms with E-state index in [2.05, 4.69) is 87.1 Å². The van der Waals surface area contributed by atoms with Crippen molar-refractivity contribution in [3.63, 3.8) is 0 Å². The zero-order valence-electron chi connectivity index (χ0n) is 74.4. The first-order valence-electron chi connectivity index (χ1n) is 45.7. The topological polar surface area (TPSA) is 305 Å². The van der Waals surface area contributed by atoms with Gasteiger partial charge in [0.25, 0.3) is 27.5 Å². The number of phosphoric acid groups is 2. The second-order valence-electron chi connectivity index (χ2n) is 31.1. The number of hydrogen-bond acceptors (Lipinski definition) is 18. The van der Waals surface area contributed by atoms with Gasteiger partial charge in [-0.25, -0.2) is 0 Å². The molecule has 0 saturated heterocycles. The van der Waals surface area contributed by atoms with Gasteiger partial charge in [-0.05, 0) is 102 Å². The number of phosphoric ester groups is 2. The predicted molar refractivity (Wildman–Crippen MR) is 457 cm³/mol. The molecule has 1 aromatic rings. The van der Waals surface area contributed by atoms with E-state index >= 15 is 0 Å². The first-order valence-corrected chi connectivity index (χ1v) is 48.6. The average molecular weight is 1700 g/mol. The minimum absolute atomic E-state index is 0. The zero-order valence-corrected chi connectivity index (χ0v) is 80.2. The molecule has 0 aromatic heterocycles. The summed E-state index contributed by atoms with van der Waals surface area (Å²) < 4.78 is 71.5. The van der Waals surface area contributed by atoms with Crippen molar-refractivity contribution in [1.29, 1.82) is 0 Å². The van der Waals surface area contributed by atoms with Crippen LogP contribution in [0.25, 0.3) is 0 Å². The Labute approximate surface area is 748 Å². The number of hydrogen-bond donors (Lipinski definition) is 4. The van der Waals surface area contributed by atoms with E-state index in [4.69, 9.17) is 37.0 Å². The van der Waals surface area contributed by atoms with Crippen LogP contribution in [0.1, 0.15) is 409 Å². The van der Waals surface area contributed by atoms with Gasteiger partial charge in [-0.3, -0.25) is 37.9 Å². The summed E-state index contributed by atoms with van der Waals surface area (Å²) in [6, 6.07) is 4.12. The predicted octanol–water partition coefficient (Wildman–Crippen LogP) is 15.3. The van der Waals surface area contributed by atoms with Gasteiger partial charge in [0, 0.05) is 51.6 Å². The molecule has 6 atom stereocenters. The molecule has 0 radical (unpaired) electrons. The van der Waals surface area contributed by atoms with Gasteiger partial charge in [0.15, 0.2) is 0 Å². The van der Waals surface area contributed by atoms with Crippen LogP contribution in [0.15, 0.2) is 48.6 Å². The van der Waals surface area contributed by atoms with E-state index < -0.39 is 66.0 Å². The Morgan fingerprint density at radius 3 is 0.948 bits per heavy atom. The van der Waals surface area contributed by atoms with Crippen LogP contribution in [0.3, 0.4) is 0 Å². The third-order valence-electron chi connectivity index (χ3n) is 20.3. The Morgan fingerprint density at radius 1 is 0.345 bits per heavy atom. The number of rotatable bonds is 84. The van der Waals surface area contributed by atoms with Gasteiger partial charge in [-0.1, -0.05) is 296 Å². The van der Waals surface area contributed by atoms with Crippen LogP contribution in [0.4, 0.5) is 0 Å². The van der Waals surface area contributed by atoms with Crippen LogP contribution in [-0.2, 0) is 65.4 Å². The third-order valence-corrected chi connectivity index (χ3v) is 22.2. The molecule has 26 heteroatoms. The van der Waals surface area contributed by atoms with E-state index in [0.29, 0.717) is 64.2 Å². The number of benzene rings is 1. The van der Waals surface area contributed by atoms with E-state index in [1.807, 2.05) is 0 Å². The molecular weight excluding hydrogens is 1530 g/mol. The molecule has 0 heterocycles. The number of esters is 2. The van der Waals surface area contributed by atoms with Gasteiger partial charge in [-0.2, -0.15) is 0 Å². The maximum Gasteiger partial charge on any atom is 1.00 e. The number of allylic oxidation sites excluding steroid dienone is 4. The molecule has 662 valence electrons. The summed E-state index contributed by atoms with van der Waals surface area (Å²) in [5.74, 6) is -2.49. The number of carbonyl (C=O) groups excluding carboxylic acids is 6. The maximum atomic E-state index is 13.5. The number of ether oxygens (including phenoxy) is 4. The molecule has 1 aromatic carbocycles. The van der Waals surface area contributed by atoms with E-state index in [9.17, 15) is 47.7 Å². The zero-order chi connectivity index (χ0) is 83.3. The largest absolute Gasteiger partial charge is 1.00 e. The summed E-state index contributed by atoms with van der Waals surface area (Å²) in [6.45, 7) is 10.7. The molecule has 0 bridgehead atoms. The van der Waals surface area contributed by atoms with Crippen molar-refractivity contribution in [2.75, 3.05) is 65.9 Å². The summed E-state index contributed by atoms with van der Waals surface area (Å²) >= 11 is 0. The molecule has 0 spiro atoms. The van der Waals surface area contributed by atoms with Crippen molar-refractivity contribution in [2.45, 2.75) is 413 Å². The molecule has 4 amide bonds. The molecule has 1 rings (SSSR count). The van der Waals surface area contributed by atoms with Crippen molar-refractivity contribution >= 4 is 51.2 Å². The molecule has 2 unspecified atom stereocenters. The Hall–Kier alpha value is -2.34. The fourth-order valence-corrected chi connectivity index (χ4v) is 14.8. The fourth-order valence-electron chi connectivity index (χ4n) is 13.3. The summed E-state index contributed by atoms with van der Waals surface area (Å²) in [5, 5.41) is 10.9. The molecule has 4 N–H and O–H groups in total. The number of carbonyl (C=O) groups is 6. The second kappa shape index (κ2) is 83.6. The Balaban J connectivity index is 0. The van der Waals surface area contributed by atoms with Gasteiger partial charge < -0.3 is 68.1 Å². The van der Waals surface area contributed by atoms with E-state index in [-0.39, 0.29) is 159 Å². The van der Waals surface area contributed by atoms with Crippen LogP contribution in [0.5, 0.6) is 0 Å². The molecular formula is C90H162N4Na2O18P2. The Kier molecular flexibility index (Phi) is 83.3. The quantitative estimate of drug-likeness (QED) is 0.0155. The number of nitrogens with one attached hydrogen (secondary N) is 4. The van der Waals surface area contributed by atoms with Crippen LogP contribution in [-0.4, -0.2) is 126 Å². The van der Waals surface area contributed by atoms with Crippen molar-refractivity contribution in [3.05, 3.63) is 59.7 Å². The third kappa shape index (κ3) is 73.2. The first kappa shape index (κ1) is 116. The Bertz CT molecular complexity index is 2510. The maximum absolute atomic E-state index is 13.5. The minimum atomic E-state index is -5.02. The van der Waals surface area contributed by atoms with Crippen LogP contribution in [0.2, 0.25) is 0 Å². The second-order valence-corrected chi connectivity index (χ2v) is 33.9. The minimum Gasteiger partial charge on any atom is -0.756 e. The van der Waals surface area contributed by atoms with E-state index in [0.717, 1.165) is 128 Å². The average Bonchev–Trinajstić information content (AvgIpc) is 0.843. The van der Waals surface area contributed by atoms with Crippen LogP contribution < -0.4 is 90.2 Å². The SMILES string of the molecule is CCCCCC/C=C\CCCC(=O)O[C@H](CCCCCCC)CCOC[C@H](COP(=O)([O-])OCCNC(=O)c1ccccc1C(=O)NCCOP(=O)([O-])OC[C@@H](COCC[C@@H](CCCCCCC)OC(=O)CCC/C=C\CCCCCC)NC(=O)CCCCCCCCCCCCC)NC(=O)CCCCCCCCCCCCC.[Na+].[Na+]. The van der Waals surface area contributed by atoms with Gasteiger partial charge in [0.05, 0.1) is 76.1 Å². The summed E-state index contributed by atoms with van der Waals surface area (Å²) in [5.41, 5.74) is -0.129. The van der Waals surface area contributed by atoms with Crippen LogP contribution >= 0.6 is 15.6 Å². The van der Waals surface area contributed by atoms with Crippen molar-refractivity contribution in [1.82, 2.24) is 21.3 Å². The summed E-state index contributed by atoms with van der Waals surface area (Å²) in [4.78, 5) is 106. The van der Waals surface area contributed by atoms with Gasteiger partial charge in [0.1, 0.15) is 12.2 Å². The molecule has 0 saturated carbocycles.